The van der Waals surface area contributed by atoms with Crippen LogP contribution in [-0.2, 0) is 34.5 Å². The first-order valence-electron chi connectivity index (χ1n) is 18.1. The van der Waals surface area contributed by atoms with E-state index in [9.17, 15) is 24.0 Å². The van der Waals surface area contributed by atoms with E-state index in [2.05, 4.69) is 20.2 Å². The van der Waals surface area contributed by atoms with Gasteiger partial charge in [0.05, 0.1) is 74.2 Å². The fourth-order valence-corrected chi connectivity index (χ4v) is 7.82. The summed E-state index contributed by atoms with van der Waals surface area (Å²) in [5.41, 5.74) is 4.38. The molecule has 2 aliphatic heterocycles. The molecule has 282 valence electrons. The van der Waals surface area contributed by atoms with Crippen LogP contribution in [0.15, 0.2) is 66.0 Å². The van der Waals surface area contributed by atoms with Gasteiger partial charge in [-0.25, -0.2) is 4.68 Å². The first kappa shape index (κ1) is 35.8. The van der Waals surface area contributed by atoms with E-state index in [4.69, 9.17) is 14.2 Å². The Morgan fingerprint density at radius 1 is 0.836 bits per heavy atom. The molecule has 0 spiro atoms. The highest BCUT2D eigenvalue weighted by atomic mass is 16.5. The molecule has 0 bridgehead atoms. The number of carbonyl (C=O) groups is 4. The van der Waals surface area contributed by atoms with Crippen LogP contribution in [0.5, 0.6) is 11.5 Å². The van der Waals surface area contributed by atoms with E-state index < -0.39 is 17.9 Å². The summed E-state index contributed by atoms with van der Waals surface area (Å²) in [5.74, 6) is -0.313. The average molecular weight is 746 g/mol. The summed E-state index contributed by atoms with van der Waals surface area (Å²) in [6, 6.07) is 10.00. The van der Waals surface area contributed by atoms with Crippen LogP contribution in [0.1, 0.15) is 64.1 Å². The number of aryl methyl sites for hydroxylation is 1. The quantitative estimate of drug-likeness (QED) is 0.150. The van der Waals surface area contributed by atoms with Crippen molar-refractivity contribution in [1.82, 2.24) is 29.4 Å². The van der Waals surface area contributed by atoms with Gasteiger partial charge in [-0.2, -0.15) is 0 Å². The highest BCUT2D eigenvalue weighted by Gasteiger charge is 2.44. The first-order chi connectivity index (χ1) is 26.6. The number of imide groups is 1. The summed E-state index contributed by atoms with van der Waals surface area (Å²) in [6.07, 6.45) is 8.47. The van der Waals surface area contributed by atoms with Gasteiger partial charge in [-0.05, 0) is 66.6 Å². The number of ether oxygens (including phenoxy) is 3. The predicted octanol–water partition coefficient (Wildman–Crippen LogP) is 3.73. The van der Waals surface area contributed by atoms with Crippen LogP contribution in [0.2, 0.25) is 0 Å². The number of fused-ring (bicyclic) bond motifs is 2. The molecular formula is C40H39N7O8. The molecule has 3 aliphatic rings. The third kappa shape index (κ3) is 6.64. The second kappa shape index (κ2) is 14.5. The number of amides is 2. The van der Waals surface area contributed by atoms with Crippen molar-refractivity contribution in [1.29, 1.82) is 0 Å². The molecule has 1 saturated carbocycles. The smallest absolute Gasteiger partial charge is 0.262 e. The van der Waals surface area contributed by atoms with Crippen molar-refractivity contribution in [3.05, 3.63) is 93.9 Å². The minimum atomic E-state index is -0.889. The maximum absolute atomic E-state index is 13.3. The fourth-order valence-electron chi connectivity index (χ4n) is 7.82. The Bertz CT molecular complexity index is 2400. The molecule has 5 aromatic rings. The van der Waals surface area contributed by atoms with E-state index in [0.717, 1.165) is 45.5 Å². The Kier molecular flexibility index (Phi) is 9.47. The molecule has 8 rings (SSSR count). The molecule has 1 atom stereocenters. The SMILES string of the molecule is COc1cc(-c2cn(C)c(=O)c3cnccc23)cc(OC)c1Cn1cc(COC2CCN(c3ccc4c(c3)C(=O)N(C3CCC(=O)CC3=O)C4=O)CC2)nn1. The monoisotopic (exact) mass is 745 g/mol. The molecule has 2 amide bonds. The molecule has 2 aromatic carbocycles. The minimum Gasteiger partial charge on any atom is -0.496 e. The molecule has 1 unspecified atom stereocenters. The second-order valence-corrected chi connectivity index (χ2v) is 14.1. The van der Waals surface area contributed by atoms with E-state index in [-0.39, 0.29) is 60.2 Å². The highest BCUT2D eigenvalue weighted by molar-refractivity contribution is 6.24. The molecule has 0 radical (unpaired) electrons. The Morgan fingerprint density at radius 2 is 1.58 bits per heavy atom. The van der Waals surface area contributed by atoms with Crippen LogP contribution >= 0.6 is 0 Å². The number of hydrogen-bond donors (Lipinski definition) is 0. The van der Waals surface area contributed by atoms with Gasteiger partial charge in [0.25, 0.3) is 17.4 Å². The number of methoxy groups -OCH3 is 2. The normalized spacial score (nSPS) is 17.7. The maximum atomic E-state index is 13.3. The standard InChI is InChI=1S/C40H39N7O8/c1-44-20-32(28-8-11-41-18-31(28)38(44)50)23-14-36(53-2)33(37(15-23)54-3)21-46-19-24(42-43-46)22-55-27-9-12-45(13-10-27)25-4-6-29-30(16-25)40(52)47(39(29)51)34-7-5-26(48)17-35(34)49/h4,6,8,11,14-16,18-20,27,34H,5,7,9-10,12-13,17,21-22H2,1-3H3. The number of aromatic nitrogens is 5. The van der Waals surface area contributed by atoms with Gasteiger partial charge in [-0.15, -0.1) is 5.10 Å². The third-order valence-electron chi connectivity index (χ3n) is 10.7. The van der Waals surface area contributed by atoms with Crippen LogP contribution in [0, 0.1) is 0 Å². The minimum absolute atomic E-state index is 0.00775. The first-order valence-corrected chi connectivity index (χ1v) is 18.1. The van der Waals surface area contributed by atoms with Crippen LogP contribution in [0.3, 0.4) is 0 Å². The third-order valence-corrected chi connectivity index (χ3v) is 10.7. The van der Waals surface area contributed by atoms with Gasteiger partial charge in [0.1, 0.15) is 23.0 Å². The number of Topliss-reactive ketones (excluding diaryl/α,β-unsaturated/α-hetero) is 2. The zero-order valence-corrected chi connectivity index (χ0v) is 30.7. The number of carbonyl (C=O) groups excluding carboxylic acids is 4. The zero-order chi connectivity index (χ0) is 38.4. The molecule has 55 heavy (non-hydrogen) atoms. The van der Waals surface area contributed by atoms with Crippen molar-refractivity contribution in [2.45, 2.75) is 57.4 Å². The van der Waals surface area contributed by atoms with Crippen molar-refractivity contribution in [2.24, 2.45) is 7.05 Å². The van der Waals surface area contributed by atoms with Gasteiger partial charge < -0.3 is 23.7 Å². The molecule has 5 heterocycles. The van der Waals surface area contributed by atoms with Gasteiger partial charge >= 0.3 is 0 Å². The van der Waals surface area contributed by atoms with Crippen LogP contribution < -0.4 is 19.9 Å². The van der Waals surface area contributed by atoms with Crippen molar-refractivity contribution in [3.63, 3.8) is 0 Å². The van der Waals surface area contributed by atoms with Gasteiger partial charge in [-0.1, -0.05) is 5.21 Å². The Hall–Kier alpha value is -6.22. The second-order valence-electron chi connectivity index (χ2n) is 14.1. The van der Waals surface area contributed by atoms with Gasteiger partial charge in [0, 0.05) is 56.4 Å². The lowest BCUT2D eigenvalue weighted by Gasteiger charge is -2.33. The number of pyridine rings is 2. The number of hydrogen-bond acceptors (Lipinski definition) is 12. The Labute approximate surface area is 315 Å². The zero-order valence-electron chi connectivity index (χ0n) is 30.7. The average Bonchev–Trinajstić information content (AvgIpc) is 3.75. The Morgan fingerprint density at radius 3 is 2.31 bits per heavy atom. The largest absolute Gasteiger partial charge is 0.496 e. The maximum Gasteiger partial charge on any atom is 0.262 e. The highest BCUT2D eigenvalue weighted by Crippen LogP contribution is 2.38. The van der Waals surface area contributed by atoms with Crippen LogP contribution in [-0.4, -0.2) is 92.3 Å². The lowest BCUT2D eigenvalue weighted by molar-refractivity contribution is -0.132. The number of piperidine rings is 1. The molecule has 15 heteroatoms. The summed E-state index contributed by atoms with van der Waals surface area (Å²) < 4.78 is 21.1. The lowest BCUT2D eigenvalue weighted by Crippen LogP contribution is -2.47. The van der Waals surface area contributed by atoms with Crippen molar-refractivity contribution in [3.8, 4) is 22.6 Å². The van der Waals surface area contributed by atoms with Crippen LogP contribution in [0.25, 0.3) is 21.9 Å². The molecule has 1 aliphatic carbocycles. The van der Waals surface area contributed by atoms with Gasteiger partial charge in [-0.3, -0.25) is 33.9 Å². The van der Waals surface area contributed by atoms with Crippen molar-refractivity contribution < 1.29 is 33.4 Å². The Balaban J connectivity index is 0.894. The molecule has 3 aromatic heterocycles. The summed E-state index contributed by atoms with van der Waals surface area (Å²) >= 11 is 0. The summed E-state index contributed by atoms with van der Waals surface area (Å²) in [7, 11) is 4.91. The molecule has 1 saturated heterocycles. The van der Waals surface area contributed by atoms with Gasteiger partial charge in [0.2, 0.25) is 0 Å². The number of benzene rings is 2. The van der Waals surface area contributed by atoms with E-state index in [1.54, 1.807) is 61.2 Å². The molecule has 2 fully saturated rings. The summed E-state index contributed by atoms with van der Waals surface area (Å²) in [4.78, 5) is 70.8. The molecular weight excluding hydrogens is 706 g/mol. The molecule has 15 nitrogen and oxygen atoms in total. The molecule has 0 N–H and O–H groups in total. The van der Waals surface area contributed by atoms with E-state index in [1.165, 1.54) is 0 Å². The van der Waals surface area contributed by atoms with Crippen molar-refractivity contribution in [2.75, 3.05) is 32.2 Å². The number of rotatable bonds is 10. The van der Waals surface area contributed by atoms with Crippen molar-refractivity contribution >= 4 is 39.8 Å². The van der Waals surface area contributed by atoms with Gasteiger partial charge in [0.15, 0.2) is 5.78 Å². The number of ketones is 2. The summed E-state index contributed by atoms with van der Waals surface area (Å²) in [5, 5.41) is 9.97. The number of nitrogens with zero attached hydrogens (tertiary/aromatic N) is 7. The summed E-state index contributed by atoms with van der Waals surface area (Å²) in [6.45, 7) is 1.99. The van der Waals surface area contributed by atoms with E-state index in [1.807, 2.05) is 30.5 Å². The van der Waals surface area contributed by atoms with E-state index >= 15 is 0 Å². The lowest BCUT2D eigenvalue weighted by atomic mass is 9.92. The topological polar surface area (TPSA) is 168 Å². The predicted molar refractivity (Wildman–Crippen MR) is 199 cm³/mol. The number of anilines is 1. The van der Waals surface area contributed by atoms with Crippen LogP contribution in [0.4, 0.5) is 5.69 Å². The van der Waals surface area contributed by atoms with E-state index in [0.29, 0.717) is 42.2 Å². The fraction of sp³-hybridized carbons (Fsp3) is 0.350.